The summed E-state index contributed by atoms with van der Waals surface area (Å²) in [5.41, 5.74) is 6.00. The largest absolute Gasteiger partial charge is 0.373 e. The second kappa shape index (κ2) is 9.66. The topological polar surface area (TPSA) is 103 Å². The maximum Gasteiger partial charge on any atom is 0.225 e. The number of piperazine rings is 1. The van der Waals surface area contributed by atoms with Crippen LogP contribution in [-0.2, 0) is 17.8 Å². The van der Waals surface area contributed by atoms with Crippen LogP contribution in [0.2, 0.25) is 0 Å². The number of aromatic amines is 1. The lowest BCUT2D eigenvalue weighted by molar-refractivity contribution is -0.134. The minimum absolute atomic E-state index is 0.308. The van der Waals surface area contributed by atoms with Crippen LogP contribution in [0.15, 0.2) is 48.9 Å². The first kappa shape index (κ1) is 22.6. The Kier molecular flexibility index (Phi) is 6.06. The molecule has 1 saturated carbocycles. The van der Waals surface area contributed by atoms with E-state index >= 15 is 0 Å². The Bertz CT molecular complexity index is 1390. The molecule has 0 spiro atoms. The lowest BCUT2D eigenvalue weighted by Gasteiger charge is -2.35. The average Bonchev–Trinajstić information content (AvgIpc) is 3.68. The lowest BCUT2D eigenvalue weighted by atomic mass is 10.1. The molecule has 0 bridgehead atoms. The first-order valence-electron chi connectivity index (χ1n) is 12.6. The molecular formula is C27H30N8O. The highest BCUT2D eigenvalue weighted by Crippen LogP contribution is 2.31. The van der Waals surface area contributed by atoms with Gasteiger partial charge in [-0.05, 0) is 42.7 Å². The number of hydrogen-bond acceptors (Lipinski definition) is 7. The summed E-state index contributed by atoms with van der Waals surface area (Å²) < 4.78 is 0. The van der Waals surface area contributed by atoms with Crippen LogP contribution >= 0.6 is 0 Å². The van der Waals surface area contributed by atoms with Crippen molar-refractivity contribution in [2.75, 3.05) is 38.5 Å². The molecule has 3 aromatic heterocycles. The van der Waals surface area contributed by atoms with Crippen molar-refractivity contribution in [1.29, 1.82) is 0 Å². The summed E-state index contributed by atoms with van der Waals surface area (Å²) in [4.78, 5) is 38.2. The molecule has 1 aromatic carbocycles. The number of nitrogens with zero attached hydrogens (tertiary/aromatic N) is 6. The highest BCUT2D eigenvalue weighted by atomic mass is 16.2. The molecular weight excluding hydrogens is 452 g/mol. The van der Waals surface area contributed by atoms with Crippen LogP contribution in [0.5, 0.6) is 0 Å². The molecule has 1 aliphatic heterocycles. The molecule has 0 unspecified atom stereocenters. The van der Waals surface area contributed by atoms with Gasteiger partial charge in [-0.1, -0.05) is 6.07 Å². The van der Waals surface area contributed by atoms with E-state index in [1.165, 1.54) is 5.56 Å². The molecule has 2 N–H and O–H groups in total. The van der Waals surface area contributed by atoms with Gasteiger partial charge in [0.1, 0.15) is 18.0 Å². The first-order chi connectivity index (χ1) is 17.6. The minimum atomic E-state index is 0.308. The number of imidazole rings is 1. The number of anilines is 1. The number of carbonyl (C=O) groups excluding carboxylic acids is 1. The summed E-state index contributed by atoms with van der Waals surface area (Å²) in [6.07, 6.45) is 6.23. The normalized spacial score (nSPS) is 16.4. The van der Waals surface area contributed by atoms with Gasteiger partial charge < -0.3 is 15.2 Å². The molecule has 9 nitrogen and oxygen atoms in total. The number of carbonyl (C=O) groups is 1. The number of rotatable bonds is 7. The van der Waals surface area contributed by atoms with Crippen LogP contribution in [0.1, 0.15) is 29.9 Å². The SMILES string of the molecule is CNc1cc(-c2ccc3nc(Cc4cc(CN5CCN(C(=O)C6CC6)CC5)ccn4)[nH]c3c2)ncn1. The predicted octanol–water partition coefficient (Wildman–Crippen LogP) is 3.10. The van der Waals surface area contributed by atoms with Gasteiger partial charge in [0.2, 0.25) is 5.91 Å². The summed E-state index contributed by atoms with van der Waals surface area (Å²) in [5.74, 6) is 2.34. The fourth-order valence-electron chi connectivity index (χ4n) is 4.83. The minimum Gasteiger partial charge on any atom is -0.373 e. The lowest BCUT2D eigenvalue weighted by Crippen LogP contribution is -2.48. The Morgan fingerprint density at radius 3 is 2.72 bits per heavy atom. The maximum atomic E-state index is 12.3. The molecule has 9 heteroatoms. The number of hydrogen-bond donors (Lipinski definition) is 2. The number of nitrogens with one attached hydrogen (secondary N) is 2. The number of H-pyrrole nitrogens is 1. The van der Waals surface area contributed by atoms with E-state index in [0.717, 1.165) is 85.2 Å². The Balaban J connectivity index is 1.11. The predicted molar refractivity (Wildman–Crippen MR) is 138 cm³/mol. The molecule has 2 aliphatic rings. The third kappa shape index (κ3) is 4.92. The Morgan fingerprint density at radius 2 is 1.92 bits per heavy atom. The number of aromatic nitrogens is 5. The van der Waals surface area contributed by atoms with Gasteiger partial charge in [-0.15, -0.1) is 0 Å². The summed E-state index contributed by atoms with van der Waals surface area (Å²) in [6.45, 7) is 4.38. The molecule has 0 radical (unpaired) electrons. The van der Waals surface area contributed by atoms with Crippen molar-refractivity contribution in [3.8, 4) is 11.3 Å². The van der Waals surface area contributed by atoms with Crippen molar-refractivity contribution >= 4 is 22.8 Å². The molecule has 0 atom stereocenters. The second-order valence-electron chi connectivity index (χ2n) is 9.66. The van der Waals surface area contributed by atoms with Gasteiger partial charge in [0.15, 0.2) is 0 Å². The zero-order valence-electron chi connectivity index (χ0n) is 20.4. The molecule has 184 valence electrons. The summed E-state index contributed by atoms with van der Waals surface area (Å²) in [7, 11) is 1.84. The van der Waals surface area contributed by atoms with Crippen LogP contribution in [0.4, 0.5) is 5.82 Å². The molecule has 36 heavy (non-hydrogen) atoms. The highest BCUT2D eigenvalue weighted by Gasteiger charge is 2.34. The van der Waals surface area contributed by atoms with Crippen molar-refractivity contribution in [2.24, 2.45) is 5.92 Å². The maximum absolute atomic E-state index is 12.3. The van der Waals surface area contributed by atoms with Crippen LogP contribution in [-0.4, -0.2) is 73.9 Å². The highest BCUT2D eigenvalue weighted by molar-refractivity contribution is 5.82. The van der Waals surface area contributed by atoms with Crippen LogP contribution < -0.4 is 5.32 Å². The van der Waals surface area contributed by atoms with Gasteiger partial charge in [0, 0.05) is 75.6 Å². The van der Waals surface area contributed by atoms with E-state index in [0.29, 0.717) is 18.2 Å². The molecule has 1 saturated heterocycles. The van der Waals surface area contributed by atoms with Crippen molar-refractivity contribution in [2.45, 2.75) is 25.8 Å². The zero-order chi connectivity index (χ0) is 24.5. The third-order valence-corrected chi connectivity index (χ3v) is 7.00. The number of amides is 1. The average molecular weight is 483 g/mol. The summed E-state index contributed by atoms with van der Waals surface area (Å²) >= 11 is 0. The van der Waals surface area contributed by atoms with Crippen molar-refractivity contribution < 1.29 is 4.79 Å². The third-order valence-electron chi connectivity index (χ3n) is 7.00. The van der Waals surface area contributed by atoms with Gasteiger partial charge in [-0.2, -0.15) is 0 Å². The van der Waals surface area contributed by atoms with Gasteiger partial charge >= 0.3 is 0 Å². The van der Waals surface area contributed by atoms with Crippen LogP contribution in [0.3, 0.4) is 0 Å². The van der Waals surface area contributed by atoms with Crippen molar-refractivity contribution in [3.05, 3.63) is 66.0 Å². The quantitative estimate of drug-likeness (QED) is 0.417. The second-order valence-corrected chi connectivity index (χ2v) is 9.66. The number of benzene rings is 1. The van der Waals surface area contributed by atoms with Gasteiger partial charge in [-0.25, -0.2) is 15.0 Å². The van der Waals surface area contributed by atoms with E-state index in [9.17, 15) is 4.79 Å². The zero-order valence-corrected chi connectivity index (χ0v) is 20.4. The standard InChI is InChI=1S/C27H30N8O/c1-28-25-15-23(30-17-31-25)20-4-5-22-24(13-20)33-26(32-22)14-21-12-18(6-7-29-21)16-34-8-10-35(11-9-34)27(36)19-2-3-19/h4-7,12-13,15,17,19H,2-3,8-11,14,16H2,1H3,(H,32,33)(H,28,30,31). The Morgan fingerprint density at radius 1 is 1.06 bits per heavy atom. The molecule has 1 amide bonds. The van der Waals surface area contributed by atoms with E-state index in [4.69, 9.17) is 4.98 Å². The first-order valence-corrected chi connectivity index (χ1v) is 12.6. The molecule has 4 heterocycles. The monoisotopic (exact) mass is 482 g/mol. The van der Waals surface area contributed by atoms with E-state index < -0.39 is 0 Å². The van der Waals surface area contributed by atoms with Crippen LogP contribution in [0.25, 0.3) is 22.3 Å². The molecule has 2 fully saturated rings. The van der Waals surface area contributed by atoms with Gasteiger partial charge in [0.25, 0.3) is 0 Å². The number of fused-ring (bicyclic) bond motifs is 1. The van der Waals surface area contributed by atoms with Crippen LogP contribution in [0, 0.1) is 5.92 Å². The molecule has 4 aromatic rings. The summed E-state index contributed by atoms with van der Waals surface area (Å²) in [6, 6.07) is 12.3. The van der Waals surface area contributed by atoms with Crippen molar-refractivity contribution in [1.82, 2.24) is 34.7 Å². The van der Waals surface area contributed by atoms with Gasteiger partial charge in [0.05, 0.1) is 16.7 Å². The van der Waals surface area contributed by atoms with Gasteiger partial charge in [-0.3, -0.25) is 14.7 Å². The van der Waals surface area contributed by atoms with Crippen molar-refractivity contribution in [3.63, 3.8) is 0 Å². The van der Waals surface area contributed by atoms with E-state index in [1.54, 1.807) is 6.33 Å². The molecule has 6 rings (SSSR count). The fraction of sp³-hybridized carbons (Fsp3) is 0.370. The van der Waals surface area contributed by atoms with E-state index in [2.05, 4.69) is 48.4 Å². The fourth-order valence-corrected chi connectivity index (χ4v) is 4.83. The molecule has 1 aliphatic carbocycles. The van der Waals surface area contributed by atoms with E-state index in [-0.39, 0.29) is 0 Å². The van der Waals surface area contributed by atoms with E-state index in [1.807, 2.05) is 36.3 Å². The Labute approximate surface area is 210 Å². The Hall–Kier alpha value is -3.85. The summed E-state index contributed by atoms with van der Waals surface area (Å²) in [5, 5.41) is 3.05. The number of pyridine rings is 1. The smallest absolute Gasteiger partial charge is 0.225 e.